The van der Waals surface area contributed by atoms with E-state index in [1.807, 2.05) is 26.0 Å². The molecule has 2 aromatic carbocycles. The molecule has 2 rings (SSSR count). The van der Waals surface area contributed by atoms with Gasteiger partial charge in [-0.25, -0.2) is 0 Å². The summed E-state index contributed by atoms with van der Waals surface area (Å²) in [4.78, 5) is 24.2. The molecule has 0 spiro atoms. The van der Waals surface area contributed by atoms with Gasteiger partial charge in [-0.15, -0.1) is 0 Å². The number of ether oxygens (including phenoxy) is 2. The zero-order chi connectivity index (χ0) is 19.6. The Morgan fingerprint density at radius 1 is 0.963 bits per heavy atom. The minimum atomic E-state index is -0.364. The predicted molar refractivity (Wildman–Crippen MR) is 104 cm³/mol. The molecule has 7 heteroatoms. The Morgan fingerprint density at radius 2 is 1.70 bits per heavy atom. The summed E-state index contributed by atoms with van der Waals surface area (Å²) in [5, 5.41) is 5.93. The van der Waals surface area contributed by atoms with Crippen molar-refractivity contribution in [3.05, 3.63) is 58.6 Å². The minimum absolute atomic E-state index is 0.128. The first-order valence-corrected chi connectivity index (χ1v) is 9.10. The van der Waals surface area contributed by atoms with Gasteiger partial charge < -0.3 is 20.1 Å². The third-order valence-electron chi connectivity index (χ3n) is 3.59. The van der Waals surface area contributed by atoms with Crippen molar-refractivity contribution in [3.8, 4) is 11.5 Å². The van der Waals surface area contributed by atoms with E-state index in [-0.39, 0.29) is 18.4 Å². The van der Waals surface area contributed by atoms with Gasteiger partial charge in [0.1, 0.15) is 0 Å². The van der Waals surface area contributed by atoms with Gasteiger partial charge in [-0.3, -0.25) is 9.59 Å². The number of halogens is 1. The molecule has 2 amide bonds. The van der Waals surface area contributed by atoms with E-state index in [0.29, 0.717) is 41.8 Å². The average molecular weight is 391 g/mol. The third kappa shape index (κ3) is 6.49. The van der Waals surface area contributed by atoms with Crippen molar-refractivity contribution >= 4 is 23.4 Å². The Labute approximate surface area is 163 Å². The molecule has 144 valence electrons. The van der Waals surface area contributed by atoms with Gasteiger partial charge in [-0.2, -0.15) is 0 Å². The maximum atomic E-state index is 12.3. The molecular weight excluding hydrogens is 368 g/mol. The van der Waals surface area contributed by atoms with Crippen LogP contribution in [-0.4, -0.2) is 31.6 Å². The summed E-state index contributed by atoms with van der Waals surface area (Å²) in [6, 6.07) is 12.1. The van der Waals surface area contributed by atoms with Crippen LogP contribution in [0.15, 0.2) is 42.5 Å². The van der Waals surface area contributed by atoms with Crippen molar-refractivity contribution in [2.75, 3.05) is 19.8 Å². The lowest BCUT2D eigenvalue weighted by Gasteiger charge is -2.12. The summed E-state index contributed by atoms with van der Waals surface area (Å²) in [5.41, 5.74) is 1.28. The van der Waals surface area contributed by atoms with Gasteiger partial charge in [-0.05, 0) is 49.7 Å². The zero-order valence-electron chi connectivity index (χ0n) is 15.4. The average Bonchev–Trinajstić information content (AvgIpc) is 2.66. The van der Waals surface area contributed by atoms with Crippen molar-refractivity contribution in [2.45, 2.75) is 20.4 Å². The topological polar surface area (TPSA) is 76.7 Å². The minimum Gasteiger partial charge on any atom is -0.490 e. The highest BCUT2D eigenvalue weighted by atomic mass is 35.5. The second-order valence-electron chi connectivity index (χ2n) is 5.62. The third-order valence-corrected chi connectivity index (χ3v) is 3.83. The molecule has 0 saturated carbocycles. The first kappa shape index (κ1) is 20.6. The quantitative estimate of drug-likeness (QED) is 0.689. The number of nitrogens with one attached hydrogen (secondary N) is 2. The molecule has 0 saturated heterocycles. The van der Waals surface area contributed by atoms with Crippen LogP contribution in [0.5, 0.6) is 11.5 Å². The van der Waals surface area contributed by atoms with Crippen molar-refractivity contribution < 1.29 is 19.1 Å². The number of carbonyl (C=O) groups is 2. The largest absolute Gasteiger partial charge is 0.490 e. The molecule has 0 unspecified atom stereocenters. The van der Waals surface area contributed by atoms with Gasteiger partial charge in [-0.1, -0.05) is 23.7 Å². The Bertz CT molecular complexity index is 795. The van der Waals surface area contributed by atoms with E-state index in [0.717, 1.165) is 5.56 Å². The van der Waals surface area contributed by atoms with Crippen LogP contribution in [0.2, 0.25) is 5.02 Å². The SMILES string of the molecule is CCOc1ccc(C(=O)NCC(=O)NCc2cccc(Cl)c2)cc1OCC. The summed E-state index contributed by atoms with van der Waals surface area (Å²) in [6.07, 6.45) is 0. The summed E-state index contributed by atoms with van der Waals surface area (Å²) in [7, 11) is 0. The molecule has 0 aromatic heterocycles. The molecular formula is C20H23ClN2O4. The first-order valence-electron chi connectivity index (χ1n) is 8.72. The number of hydrogen-bond donors (Lipinski definition) is 2. The van der Waals surface area contributed by atoms with Crippen LogP contribution in [0.3, 0.4) is 0 Å². The molecule has 0 aliphatic heterocycles. The van der Waals surface area contributed by atoms with E-state index in [4.69, 9.17) is 21.1 Å². The van der Waals surface area contributed by atoms with Crippen LogP contribution >= 0.6 is 11.6 Å². The monoisotopic (exact) mass is 390 g/mol. The standard InChI is InChI=1S/C20H23ClN2O4/c1-3-26-17-9-8-15(11-18(17)27-4-2)20(25)23-13-19(24)22-12-14-6-5-7-16(21)10-14/h5-11H,3-4,12-13H2,1-2H3,(H,22,24)(H,23,25). The van der Waals surface area contributed by atoms with Gasteiger partial charge in [0.05, 0.1) is 19.8 Å². The molecule has 0 radical (unpaired) electrons. The number of rotatable bonds is 9. The van der Waals surface area contributed by atoms with E-state index in [9.17, 15) is 9.59 Å². The van der Waals surface area contributed by atoms with Crippen LogP contribution in [0.1, 0.15) is 29.8 Å². The molecule has 0 atom stereocenters. The fourth-order valence-corrected chi connectivity index (χ4v) is 2.58. The van der Waals surface area contributed by atoms with E-state index in [2.05, 4.69) is 10.6 Å². The van der Waals surface area contributed by atoms with Crippen LogP contribution < -0.4 is 20.1 Å². The number of benzene rings is 2. The normalized spacial score (nSPS) is 10.2. The highest BCUT2D eigenvalue weighted by Crippen LogP contribution is 2.28. The Kier molecular flexibility index (Phi) is 7.95. The van der Waals surface area contributed by atoms with E-state index >= 15 is 0 Å². The van der Waals surface area contributed by atoms with Crippen LogP contribution in [0.4, 0.5) is 0 Å². The van der Waals surface area contributed by atoms with Crippen molar-refractivity contribution in [3.63, 3.8) is 0 Å². The number of carbonyl (C=O) groups excluding carboxylic acids is 2. The number of hydrogen-bond acceptors (Lipinski definition) is 4. The zero-order valence-corrected chi connectivity index (χ0v) is 16.1. The molecule has 2 N–H and O–H groups in total. The molecule has 0 fully saturated rings. The Balaban J connectivity index is 1.88. The van der Waals surface area contributed by atoms with Crippen molar-refractivity contribution in [1.82, 2.24) is 10.6 Å². The maximum absolute atomic E-state index is 12.3. The summed E-state index contributed by atoms with van der Waals surface area (Å²) in [5.74, 6) is 0.420. The molecule has 27 heavy (non-hydrogen) atoms. The lowest BCUT2D eigenvalue weighted by Crippen LogP contribution is -2.36. The van der Waals surface area contributed by atoms with Gasteiger partial charge in [0.2, 0.25) is 5.91 Å². The van der Waals surface area contributed by atoms with Crippen molar-refractivity contribution in [1.29, 1.82) is 0 Å². The van der Waals surface area contributed by atoms with E-state index < -0.39 is 0 Å². The highest BCUT2D eigenvalue weighted by Gasteiger charge is 2.12. The van der Waals surface area contributed by atoms with E-state index in [1.165, 1.54) is 0 Å². The van der Waals surface area contributed by atoms with Gasteiger partial charge in [0.25, 0.3) is 5.91 Å². The maximum Gasteiger partial charge on any atom is 0.251 e. The first-order chi connectivity index (χ1) is 13.0. The predicted octanol–water partition coefficient (Wildman–Crippen LogP) is 3.18. The fraction of sp³-hybridized carbons (Fsp3) is 0.300. The Morgan fingerprint density at radius 3 is 2.41 bits per heavy atom. The summed E-state index contributed by atoms with van der Waals surface area (Å²) < 4.78 is 11.0. The number of amides is 2. The van der Waals surface area contributed by atoms with Crippen molar-refractivity contribution in [2.24, 2.45) is 0 Å². The second kappa shape index (κ2) is 10.4. The van der Waals surface area contributed by atoms with Crippen LogP contribution in [0, 0.1) is 0 Å². The van der Waals surface area contributed by atoms with Gasteiger partial charge in [0.15, 0.2) is 11.5 Å². The lowest BCUT2D eigenvalue weighted by molar-refractivity contribution is -0.120. The fourth-order valence-electron chi connectivity index (χ4n) is 2.37. The molecule has 0 aliphatic carbocycles. The van der Waals surface area contributed by atoms with E-state index in [1.54, 1.807) is 30.3 Å². The molecule has 0 aliphatic rings. The molecule has 0 heterocycles. The van der Waals surface area contributed by atoms with Crippen LogP contribution in [-0.2, 0) is 11.3 Å². The van der Waals surface area contributed by atoms with Gasteiger partial charge >= 0.3 is 0 Å². The summed E-state index contributed by atoms with van der Waals surface area (Å²) >= 11 is 5.91. The molecule has 0 bridgehead atoms. The van der Waals surface area contributed by atoms with Gasteiger partial charge in [0, 0.05) is 17.1 Å². The highest BCUT2D eigenvalue weighted by molar-refractivity contribution is 6.30. The molecule has 6 nitrogen and oxygen atoms in total. The lowest BCUT2D eigenvalue weighted by atomic mass is 10.2. The summed E-state index contributed by atoms with van der Waals surface area (Å²) in [6.45, 7) is 4.89. The smallest absolute Gasteiger partial charge is 0.251 e. The van der Waals surface area contributed by atoms with Crippen LogP contribution in [0.25, 0.3) is 0 Å². The molecule has 2 aromatic rings. The second-order valence-corrected chi connectivity index (χ2v) is 6.05. The Hall–Kier alpha value is -2.73.